The smallest absolute Gasteiger partial charge is 0.307 e. The van der Waals surface area contributed by atoms with Gasteiger partial charge in [-0.05, 0) is 49.6 Å². The quantitative estimate of drug-likeness (QED) is 0.664. The predicted molar refractivity (Wildman–Crippen MR) is 110 cm³/mol. The first-order chi connectivity index (χ1) is 13.4. The molecule has 1 unspecified atom stereocenters. The SMILES string of the molecule is CC(c1ccc2c(c1)Nc1ccccc1S2)S(=O)(=O)N1CCC[C@@H](C(=O)O)C1. The lowest BCUT2D eigenvalue weighted by molar-refractivity contribution is -0.142. The number of hydrogen-bond donors (Lipinski definition) is 2. The number of aliphatic carboxylic acids is 1. The van der Waals surface area contributed by atoms with Crippen LogP contribution in [0.1, 0.15) is 30.6 Å². The first-order valence-electron chi connectivity index (χ1n) is 9.26. The average Bonchev–Trinajstić information content (AvgIpc) is 2.71. The highest BCUT2D eigenvalue weighted by Gasteiger charge is 2.36. The Labute approximate surface area is 169 Å². The van der Waals surface area contributed by atoms with E-state index in [1.807, 2.05) is 42.5 Å². The van der Waals surface area contributed by atoms with Gasteiger partial charge in [-0.3, -0.25) is 4.79 Å². The number of para-hydroxylation sites is 1. The van der Waals surface area contributed by atoms with Gasteiger partial charge in [0.25, 0.3) is 0 Å². The van der Waals surface area contributed by atoms with Crippen molar-refractivity contribution in [3.63, 3.8) is 0 Å². The van der Waals surface area contributed by atoms with Crippen LogP contribution in [0, 0.1) is 5.92 Å². The normalized spacial score (nSPS) is 20.5. The molecule has 0 saturated carbocycles. The van der Waals surface area contributed by atoms with Gasteiger partial charge < -0.3 is 10.4 Å². The van der Waals surface area contributed by atoms with Gasteiger partial charge in [0, 0.05) is 22.9 Å². The highest BCUT2D eigenvalue weighted by molar-refractivity contribution is 7.99. The number of fused-ring (bicyclic) bond motifs is 2. The predicted octanol–water partition coefficient (Wildman–Crippen LogP) is 4.08. The van der Waals surface area contributed by atoms with E-state index < -0.39 is 27.2 Å². The van der Waals surface area contributed by atoms with Crippen molar-refractivity contribution < 1.29 is 18.3 Å². The lowest BCUT2D eigenvalue weighted by Crippen LogP contribution is -2.43. The Kier molecular flexibility index (Phi) is 5.11. The first-order valence-corrected chi connectivity index (χ1v) is 11.6. The molecule has 148 valence electrons. The van der Waals surface area contributed by atoms with Gasteiger partial charge in [0.05, 0.1) is 22.5 Å². The van der Waals surface area contributed by atoms with Crippen molar-refractivity contribution in [2.75, 3.05) is 18.4 Å². The third kappa shape index (κ3) is 3.52. The Balaban J connectivity index is 1.58. The molecule has 0 bridgehead atoms. The molecule has 2 atom stereocenters. The lowest BCUT2D eigenvalue weighted by atomic mass is 10.0. The average molecular weight is 419 g/mol. The molecule has 0 radical (unpaired) electrons. The van der Waals surface area contributed by atoms with E-state index in [9.17, 15) is 18.3 Å². The number of anilines is 2. The molecule has 4 rings (SSSR count). The fourth-order valence-electron chi connectivity index (χ4n) is 3.68. The van der Waals surface area contributed by atoms with Crippen LogP contribution in [0.3, 0.4) is 0 Å². The van der Waals surface area contributed by atoms with E-state index in [2.05, 4.69) is 5.32 Å². The molecule has 1 fully saturated rings. The zero-order chi connectivity index (χ0) is 19.9. The topological polar surface area (TPSA) is 86.7 Å². The number of rotatable bonds is 4. The summed E-state index contributed by atoms with van der Waals surface area (Å²) in [7, 11) is -3.63. The van der Waals surface area contributed by atoms with Crippen LogP contribution in [-0.4, -0.2) is 36.9 Å². The zero-order valence-corrected chi connectivity index (χ0v) is 17.1. The molecule has 2 heterocycles. The van der Waals surface area contributed by atoms with E-state index in [1.54, 1.807) is 18.7 Å². The minimum absolute atomic E-state index is 0.0500. The highest BCUT2D eigenvalue weighted by atomic mass is 32.2. The maximum absolute atomic E-state index is 13.1. The van der Waals surface area contributed by atoms with E-state index in [4.69, 9.17) is 0 Å². The summed E-state index contributed by atoms with van der Waals surface area (Å²) in [6.45, 7) is 2.10. The number of hydrogen-bond acceptors (Lipinski definition) is 5. The van der Waals surface area contributed by atoms with Crippen molar-refractivity contribution in [1.82, 2.24) is 4.31 Å². The van der Waals surface area contributed by atoms with Crippen LogP contribution in [0.4, 0.5) is 11.4 Å². The number of carboxylic acid groups (broad SMARTS) is 1. The van der Waals surface area contributed by atoms with Gasteiger partial charge in [-0.1, -0.05) is 30.0 Å². The Bertz CT molecular complexity index is 1020. The Morgan fingerprint density at radius 2 is 1.96 bits per heavy atom. The number of benzene rings is 2. The largest absolute Gasteiger partial charge is 0.481 e. The molecule has 2 aliphatic heterocycles. The monoisotopic (exact) mass is 418 g/mol. The van der Waals surface area contributed by atoms with Crippen molar-refractivity contribution in [2.24, 2.45) is 5.92 Å². The molecule has 28 heavy (non-hydrogen) atoms. The van der Waals surface area contributed by atoms with Crippen molar-refractivity contribution in [3.8, 4) is 0 Å². The van der Waals surface area contributed by atoms with Crippen molar-refractivity contribution in [3.05, 3.63) is 48.0 Å². The summed E-state index contributed by atoms with van der Waals surface area (Å²) in [6.07, 6.45) is 1.09. The third-order valence-electron chi connectivity index (χ3n) is 5.39. The van der Waals surface area contributed by atoms with E-state index in [0.717, 1.165) is 21.2 Å². The Morgan fingerprint density at radius 3 is 2.75 bits per heavy atom. The van der Waals surface area contributed by atoms with Crippen LogP contribution in [0.5, 0.6) is 0 Å². The summed E-state index contributed by atoms with van der Waals surface area (Å²) in [5, 5.41) is 11.9. The second kappa shape index (κ2) is 7.42. The van der Waals surface area contributed by atoms with Crippen LogP contribution < -0.4 is 5.32 Å². The van der Waals surface area contributed by atoms with Crippen molar-refractivity contribution >= 4 is 39.1 Å². The molecule has 6 nitrogen and oxygen atoms in total. The molecule has 2 aliphatic rings. The number of sulfonamides is 1. The minimum Gasteiger partial charge on any atom is -0.481 e. The maximum Gasteiger partial charge on any atom is 0.307 e. The molecule has 0 aromatic heterocycles. The molecule has 2 N–H and O–H groups in total. The van der Waals surface area contributed by atoms with Crippen molar-refractivity contribution in [2.45, 2.75) is 34.8 Å². The zero-order valence-electron chi connectivity index (χ0n) is 15.5. The fraction of sp³-hybridized carbons (Fsp3) is 0.350. The second-order valence-corrected chi connectivity index (χ2v) is 10.5. The third-order valence-corrected chi connectivity index (χ3v) is 8.76. The van der Waals surface area contributed by atoms with Gasteiger partial charge in [-0.15, -0.1) is 0 Å². The van der Waals surface area contributed by atoms with E-state index in [-0.39, 0.29) is 6.54 Å². The number of piperidine rings is 1. The minimum atomic E-state index is -3.63. The highest BCUT2D eigenvalue weighted by Crippen LogP contribution is 2.45. The molecule has 8 heteroatoms. The number of nitrogens with one attached hydrogen (secondary N) is 1. The molecule has 0 amide bonds. The summed E-state index contributed by atoms with van der Waals surface area (Å²) in [5.74, 6) is -1.56. The van der Waals surface area contributed by atoms with Crippen LogP contribution in [-0.2, 0) is 14.8 Å². The Hall–Kier alpha value is -2.03. The van der Waals surface area contributed by atoms with Gasteiger partial charge in [-0.25, -0.2) is 12.7 Å². The van der Waals surface area contributed by atoms with Crippen LogP contribution in [0.15, 0.2) is 52.3 Å². The number of nitrogens with zero attached hydrogens (tertiary/aromatic N) is 1. The summed E-state index contributed by atoms with van der Waals surface area (Å²) >= 11 is 1.65. The standard InChI is InChI=1S/C20H22N2O4S2/c1-13(28(25,26)22-10-4-5-15(12-22)20(23)24)14-8-9-19-17(11-14)21-16-6-2-3-7-18(16)27-19/h2-3,6-9,11,13,15,21H,4-5,10,12H2,1H3,(H,23,24)/t13?,15-/m1/s1. The summed E-state index contributed by atoms with van der Waals surface area (Å²) in [5.41, 5.74) is 2.60. The summed E-state index contributed by atoms with van der Waals surface area (Å²) < 4.78 is 27.6. The van der Waals surface area contributed by atoms with Gasteiger partial charge >= 0.3 is 5.97 Å². The van der Waals surface area contributed by atoms with Gasteiger partial charge in [0.2, 0.25) is 10.0 Å². The molecular formula is C20H22N2O4S2. The second-order valence-electron chi connectivity index (χ2n) is 7.20. The van der Waals surface area contributed by atoms with Gasteiger partial charge in [0.15, 0.2) is 0 Å². The van der Waals surface area contributed by atoms with Crippen LogP contribution in [0.2, 0.25) is 0 Å². The van der Waals surface area contributed by atoms with E-state index >= 15 is 0 Å². The molecule has 2 aromatic rings. The molecule has 0 spiro atoms. The van der Waals surface area contributed by atoms with Crippen LogP contribution >= 0.6 is 11.8 Å². The summed E-state index contributed by atoms with van der Waals surface area (Å²) in [6, 6.07) is 13.7. The molecular weight excluding hydrogens is 396 g/mol. The molecule has 0 aliphatic carbocycles. The maximum atomic E-state index is 13.1. The van der Waals surface area contributed by atoms with Crippen molar-refractivity contribution in [1.29, 1.82) is 0 Å². The summed E-state index contributed by atoms with van der Waals surface area (Å²) in [4.78, 5) is 13.5. The number of carbonyl (C=O) groups is 1. The lowest BCUT2D eigenvalue weighted by Gasteiger charge is -2.32. The fourth-order valence-corrected chi connectivity index (χ4v) is 6.36. The van der Waals surface area contributed by atoms with Gasteiger partial charge in [-0.2, -0.15) is 0 Å². The first kappa shape index (κ1) is 19.3. The number of carboxylic acids is 1. The molecule has 2 aromatic carbocycles. The van der Waals surface area contributed by atoms with Gasteiger partial charge in [0.1, 0.15) is 0 Å². The Morgan fingerprint density at radius 1 is 1.21 bits per heavy atom. The van der Waals surface area contributed by atoms with E-state index in [0.29, 0.717) is 24.9 Å². The van der Waals surface area contributed by atoms with Crippen LogP contribution in [0.25, 0.3) is 0 Å². The van der Waals surface area contributed by atoms with E-state index in [1.165, 1.54) is 4.31 Å². The molecule has 1 saturated heterocycles.